The summed E-state index contributed by atoms with van der Waals surface area (Å²) in [5.41, 5.74) is 24.2. The number of hydrogen-bond acceptors (Lipinski definition) is 0. The molecule has 154 valence electrons. The van der Waals surface area contributed by atoms with Gasteiger partial charge >= 0.3 is 0 Å². The number of allylic oxidation sites excluding steroid dienone is 6. The van der Waals surface area contributed by atoms with Crippen molar-refractivity contribution in [3.05, 3.63) is 82.3 Å². The molecule has 29 heavy (non-hydrogen) atoms. The molecule has 0 radical (unpaired) electrons. The van der Waals surface area contributed by atoms with Crippen LogP contribution >= 0.6 is 0 Å². The molecule has 4 unspecified atom stereocenters. The van der Waals surface area contributed by atoms with Crippen LogP contribution in [0.4, 0.5) is 0 Å². The van der Waals surface area contributed by atoms with Gasteiger partial charge in [-0.2, -0.15) is 0 Å². The van der Waals surface area contributed by atoms with Crippen molar-refractivity contribution in [1.82, 2.24) is 0 Å². The minimum atomic E-state index is 0.0113. The van der Waals surface area contributed by atoms with Gasteiger partial charge < -0.3 is 0 Å². The van der Waals surface area contributed by atoms with E-state index in [2.05, 4.69) is 106 Å². The predicted octanol–water partition coefficient (Wildman–Crippen LogP) is 8.29. The van der Waals surface area contributed by atoms with Gasteiger partial charge in [0.2, 0.25) is 0 Å². The third kappa shape index (κ3) is 10.5. The third-order valence-electron chi connectivity index (χ3n) is 5.79. The molecule has 0 saturated carbocycles. The molecule has 0 saturated heterocycles. The number of rotatable bonds is 9. The SMILES string of the molecule is CC=C=C=CC=C=C=CC(C)(CC)C(C)C(C=C=C=C=C=CCC)C(C)C(C)C. The van der Waals surface area contributed by atoms with Crippen molar-refractivity contribution < 1.29 is 0 Å². The molecule has 0 aliphatic heterocycles. The van der Waals surface area contributed by atoms with Crippen molar-refractivity contribution in [3.63, 3.8) is 0 Å². The second kappa shape index (κ2) is 15.4. The zero-order valence-corrected chi connectivity index (χ0v) is 19.7. The average molecular weight is 387 g/mol. The van der Waals surface area contributed by atoms with Crippen LogP contribution in [-0.4, -0.2) is 0 Å². The molecule has 0 amide bonds. The molecule has 0 aliphatic carbocycles. The highest BCUT2D eigenvalue weighted by molar-refractivity contribution is 5.07. The second-order valence-electron chi connectivity index (χ2n) is 7.99. The van der Waals surface area contributed by atoms with Crippen LogP contribution in [0, 0.1) is 29.1 Å². The zero-order valence-electron chi connectivity index (χ0n) is 19.7. The fourth-order valence-corrected chi connectivity index (χ4v) is 3.02. The minimum absolute atomic E-state index is 0.0113. The maximum Gasteiger partial charge on any atom is -0.00317 e. The number of hydrogen-bond donors (Lipinski definition) is 0. The largest absolute Gasteiger partial charge is 0.0749 e. The molecular formula is C29H38. The summed E-state index contributed by atoms with van der Waals surface area (Å²) < 4.78 is 0. The molecule has 0 spiro atoms. The standard InChI is InChI=1S/C29H38/c1-9-12-14-16-18-20-22-24-29(8,11-3)27(7)28(26(6)25(4)5)23-21-19-17-15-13-10-2/h9,13,16,18,23-28H,10-11H2,1-8H3. The normalized spacial score (nSPS) is 14.2. The van der Waals surface area contributed by atoms with E-state index in [9.17, 15) is 0 Å². The Morgan fingerprint density at radius 3 is 2.00 bits per heavy atom. The Bertz CT molecular complexity index is 856. The predicted molar refractivity (Wildman–Crippen MR) is 127 cm³/mol. The van der Waals surface area contributed by atoms with E-state index in [-0.39, 0.29) is 5.41 Å². The Morgan fingerprint density at radius 1 is 0.828 bits per heavy atom. The summed E-state index contributed by atoms with van der Waals surface area (Å²) in [4.78, 5) is 0. The van der Waals surface area contributed by atoms with E-state index in [0.717, 1.165) is 12.8 Å². The summed E-state index contributed by atoms with van der Waals surface area (Å²) in [7, 11) is 0. The summed E-state index contributed by atoms with van der Waals surface area (Å²) in [6, 6.07) is 0. The first-order chi connectivity index (χ1) is 13.8. The maximum atomic E-state index is 3.23. The van der Waals surface area contributed by atoms with Crippen LogP contribution in [-0.2, 0) is 0 Å². The van der Waals surface area contributed by atoms with Crippen LogP contribution in [0.15, 0.2) is 82.3 Å². The minimum Gasteiger partial charge on any atom is -0.0749 e. The smallest absolute Gasteiger partial charge is 0.00317 e. The monoisotopic (exact) mass is 386 g/mol. The van der Waals surface area contributed by atoms with E-state index in [1.54, 1.807) is 6.08 Å². The molecule has 0 aromatic carbocycles. The van der Waals surface area contributed by atoms with Gasteiger partial charge in [-0.1, -0.05) is 82.9 Å². The topological polar surface area (TPSA) is 0 Å². The lowest BCUT2D eigenvalue weighted by atomic mass is 9.65. The Hall–Kier alpha value is -2.54. The van der Waals surface area contributed by atoms with Crippen LogP contribution in [0.3, 0.4) is 0 Å². The van der Waals surface area contributed by atoms with E-state index >= 15 is 0 Å². The zero-order chi connectivity index (χ0) is 22.1. The van der Waals surface area contributed by atoms with Crippen molar-refractivity contribution >= 4 is 0 Å². The Morgan fingerprint density at radius 2 is 1.45 bits per heavy atom. The van der Waals surface area contributed by atoms with Gasteiger partial charge in [0.05, 0.1) is 0 Å². The van der Waals surface area contributed by atoms with E-state index in [1.165, 1.54) is 0 Å². The lowest BCUT2D eigenvalue weighted by molar-refractivity contribution is 0.148. The van der Waals surface area contributed by atoms with Crippen LogP contribution in [0.1, 0.15) is 68.2 Å². The van der Waals surface area contributed by atoms with Gasteiger partial charge in [-0.05, 0) is 96.8 Å². The molecule has 0 nitrogen and oxygen atoms in total. The van der Waals surface area contributed by atoms with Crippen molar-refractivity contribution in [2.24, 2.45) is 29.1 Å². The first-order valence-electron chi connectivity index (χ1n) is 10.8. The quantitative estimate of drug-likeness (QED) is 0.276. The Balaban J connectivity index is 6.05. The summed E-state index contributed by atoms with van der Waals surface area (Å²) in [6.07, 6.45) is 13.7. The highest BCUT2D eigenvalue weighted by atomic mass is 14.4. The Kier molecular flexibility index (Phi) is 14.0. The molecule has 0 fully saturated rings. The summed E-state index contributed by atoms with van der Waals surface area (Å²) in [6.45, 7) is 17.8. The van der Waals surface area contributed by atoms with Crippen molar-refractivity contribution in [1.29, 1.82) is 0 Å². The van der Waals surface area contributed by atoms with E-state index < -0.39 is 0 Å². The van der Waals surface area contributed by atoms with Crippen molar-refractivity contribution in [2.45, 2.75) is 68.2 Å². The van der Waals surface area contributed by atoms with E-state index in [4.69, 9.17) is 0 Å². The van der Waals surface area contributed by atoms with Gasteiger partial charge in [-0.25, -0.2) is 0 Å². The lowest BCUT2D eigenvalue weighted by Crippen LogP contribution is -2.32. The molecule has 4 atom stereocenters. The maximum absolute atomic E-state index is 3.23. The van der Waals surface area contributed by atoms with Crippen molar-refractivity contribution in [3.8, 4) is 0 Å². The van der Waals surface area contributed by atoms with Gasteiger partial charge in [0, 0.05) is 0 Å². The van der Waals surface area contributed by atoms with Crippen LogP contribution in [0.25, 0.3) is 0 Å². The highest BCUT2D eigenvalue weighted by Gasteiger charge is 2.35. The first-order valence-corrected chi connectivity index (χ1v) is 10.8. The van der Waals surface area contributed by atoms with Gasteiger partial charge in [0.15, 0.2) is 0 Å². The van der Waals surface area contributed by atoms with Crippen LogP contribution in [0.5, 0.6) is 0 Å². The van der Waals surface area contributed by atoms with E-state index in [1.807, 2.05) is 25.2 Å². The fourth-order valence-electron chi connectivity index (χ4n) is 3.02. The Labute approximate surface area is 179 Å². The fraction of sp³-hybridized carbons (Fsp3) is 0.517. The molecular weight excluding hydrogens is 348 g/mol. The van der Waals surface area contributed by atoms with E-state index in [0.29, 0.717) is 23.7 Å². The third-order valence-corrected chi connectivity index (χ3v) is 5.79. The lowest BCUT2D eigenvalue weighted by Gasteiger charge is -2.39. The molecule has 0 aromatic heterocycles. The van der Waals surface area contributed by atoms with Crippen LogP contribution < -0.4 is 0 Å². The highest BCUT2D eigenvalue weighted by Crippen LogP contribution is 2.42. The molecule has 0 heterocycles. The summed E-state index contributed by atoms with van der Waals surface area (Å²) in [5.74, 6) is 1.91. The van der Waals surface area contributed by atoms with Crippen molar-refractivity contribution in [2.75, 3.05) is 0 Å². The summed E-state index contributed by atoms with van der Waals surface area (Å²) >= 11 is 0. The van der Waals surface area contributed by atoms with Gasteiger partial charge in [0.25, 0.3) is 0 Å². The van der Waals surface area contributed by atoms with Gasteiger partial charge in [-0.15, -0.1) is 0 Å². The molecule has 0 rings (SSSR count). The first kappa shape index (κ1) is 26.5. The van der Waals surface area contributed by atoms with Gasteiger partial charge in [0.1, 0.15) is 0 Å². The van der Waals surface area contributed by atoms with Gasteiger partial charge in [-0.3, -0.25) is 0 Å². The molecule has 0 bridgehead atoms. The summed E-state index contributed by atoms with van der Waals surface area (Å²) in [5, 5.41) is 0. The molecule has 0 aliphatic rings. The molecule has 0 heteroatoms. The average Bonchev–Trinajstić information content (AvgIpc) is 2.71. The molecule has 0 aromatic rings. The van der Waals surface area contributed by atoms with Crippen LogP contribution in [0.2, 0.25) is 0 Å². The second-order valence-corrected chi connectivity index (χ2v) is 7.99. The molecule has 0 N–H and O–H groups in total.